The highest BCUT2D eigenvalue weighted by molar-refractivity contribution is 6.31. The van der Waals surface area contributed by atoms with E-state index in [9.17, 15) is 9.59 Å². The topological polar surface area (TPSA) is 81.1 Å². The van der Waals surface area contributed by atoms with Crippen LogP contribution in [-0.2, 0) is 16.1 Å². The number of amides is 2. The first kappa shape index (κ1) is 21.5. The minimum atomic E-state index is -0.240. The zero-order chi connectivity index (χ0) is 20.5. The number of methoxy groups -OCH3 is 2. The highest BCUT2D eigenvalue weighted by atomic mass is 35.5. The molecule has 0 saturated heterocycles. The molecule has 0 aliphatic carbocycles. The summed E-state index contributed by atoms with van der Waals surface area (Å²) < 4.78 is 10.5. The molecule has 150 valence electrons. The molecule has 0 saturated carbocycles. The van der Waals surface area contributed by atoms with E-state index in [1.165, 1.54) is 7.11 Å². The molecular weight excluding hydrogens is 382 g/mol. The van der Waals surface area contributed by atoms with E-state index in [-0.39, 0.29) is 24.9 Å². The zero-order valence-corrected chi connectivity index (χ0v) is 16.9. The maximum absolute atomic E-state index is 12.3. The standard InChI is InChI=1S/C20H24ClN3O4/c1-24(12-19(25)22-11-14-6-4-5-7-17(14)27-2)13-20(26)23-16-10-15(21)8-9-18(16)28-3/h4-10H,11-13H2,1-3H3,(H,22,25)(H,23,26)/p+1. The van der Waals surface area contributed by atoms with Crippen molar-refractivity contribution < 1.29 is 24.0 Å². The quantitative estimate of drug-likeness (QED) is 0.583. The van der Waals surface area contributed by atoms with Crippen LogP contribution in [-0.4, -0.2) is 46.2 Å². The normalized spacial score (nSPS) is 11.4. The lowest BCUT2D eigenvalue weighted by Crippen LogP contribution is -3.11. The number of carbonyl (C=O) groups excluding carboxylic acids is 2. The average Bonchev–Trinajstić information content (AvgIpc) is 2.66. The Labute approximate surface area is 169 Å². The van der Waals surface area contributed by atoms with Crippen LogP contribution in [0, 0.1) is 0 Å². The zero-order valence-electron chi connectivity index (χ0n) is 16.2. The first-order valence-corrected chi connectivity index (χ1v) is 9.14. The van der Waals surface area contributed by atoms with E-state index in [0.29, 0.717) is 23.0 Å². The number of ether oxygens (including phenoxy) is 2. The summed E-state index contributed by atoms with van der Waals surface area (Å²) in [5, 5.41) is 6.10. The molecule has 3 N–H and O–H groups in total. The molecule has 8 heteroatoms. The van der Waals surface area contributed by atoms with Crippen molar-refractivity contribution in [3.63, 3.8) is 0 Å². The Balaban J connectivity index is 1.82. The Kier molecular flexibility index (Phi) is 8.10. The van der Waals surface area contributed by atoms with Gasteiger partial charge in [-0.2, -0.15) is 0 Å². The molecule has 2 aromatic carbocycles. The van der Waals surface area contributed by atoms with Crippen molar-refractivity contribution in [1.29, 1.82) is 0 Å². The Bertz CT molecular complexity index is 829. The maximum atomic E-state index is 12.3. The largest absolute Gasteiger partial charge is 0.496 e. The predicted octanol–water partition coefficient (Wildman–Crippen LogP) is 1.13. The summed E-state index contributed by atoms with van der Waals surface area (Å²) in [5.41, 5.74) is 1.38. The van der Waals surface area contributed by atoms with Gasteiger partial charge in [-0.05, 0) is 24.3 Å². The van der Waals surface area contributed by atoms with E-state index < -0.39 is 0 Å². The summed E-state index contributed by atoms with van der Waals surface area (Å²) >= 11 is 5.96. The van der Waals surface area contributed by atoms with E-state index in [1.54, 1.807) is 32.4 Å². The second kappa shape index (κ2) is 10.5. The van der Waals surface area contributed by atoms with Crippen LogP contribution in [0.15, 0.2) is 42.5 Å². The smallest absolute Gasteiger partial charge is 0.279 e. The van der Waals surface area contributed by atoms with Gasteiger partial charge in [0.1, 0.15) is 11.5 Å². The van der Waals surface area contributed by atoms with Gasteiger partial charge in [0.15, 0.2) is 13.1 Å². The first-order chi connectivity index (χ1) is 13.4. The van der Waals surface area contributed by atoms with Crippen molar-refractivity contribution >= 4 is 29.1 Å². The number of quaternary nitrogens is 1. The number of hydrogen-bond donors (Lipinski definition) is 3. The van der Waals surface area contributed by atoms with Gasteiger partial charge in [0.05, 0.1) is 27.0 Å². The van der Waals surface area contributed by atoms with E-state index in [1.807, 2.05) is 24.3 Å². The van der Waals surface area contributed by atoms with Crippen molar-refractivity contribution in [2.24, 2.45) is 0 Å². The van der Waals surface area contributed by atoms with E-state index in [0.717, 1.165) is 16.2 Å². The number of nitrogens with one attached hydrogen (secondary N) is 3. The van der Waals surface area contributed by atoms with Gasteiger partial charge in [-0.25, -0.2) is 0 Å². The number of halogens is 1. The molecule has 0 fully saturated rings. The SMILES string of the molecule is COc1ccccc1CNC(=O)C[NH+](C)CC(=O)Nc1cc(Cl)ccc1OC. The Hall–Kier alpha value is -2.77. The molecule has 1 atom stereocenters. The summed E-state index contributed by atoms with van der Waals surface area (Å²) in [6, 6.07) is 12.5. The number of rotatable bonds is 9. The van der Waals surface area contributed by atoms with Gasteiger partial charge < -0.3 is 25.0 Å². The van der Waals surface area contributed by atoms with Gasteiger partial charge in [0.2, 0.25) is 0 Å². The number of anilines is 1. The summed E-state index contributed by atoms with van der Waals surface area (Å²) in [4.78, 5) is 25.2. The van der Waals surface area contributed by atoms with Crippen LogP contribution in [0.3, 0.4) is 0 Å². The second-order valence-electron chi connectivity index (χ2n) is 6.29. The fourth-order valence-electron chi connectivity index (χ4n) is 2.69. The number of hydrogen-bond acceptors (Lipinski definition) is 4. The lowest BCUT2D eigenvalue weighted by Gasteiger charge is -2.15. The summed E-state index contributed by atoms with van der Waals surface area (Å²) in [6.45, 7) is 0.648. The van der Waals surface area contributed by atoms with Crippen LogP contribution in [0.4, 0.5) is 5.69 Å². The van der Waals surface area contributed by atoms with E-state index in [2.05, 4.69) is 10.6 Å². The van der Waals surface area contributed by atoms with Gasteiger partial charge in [0, 0.05) is 17.1 Å². The molecule has 0 heterocycles. The van der Waals surface area contributed by atoms with Crippen LogP contribution in [0.5, 0.6) is 11.5 Å². The van der Waals surface area contributed by atoms with Crippen molar-refractivity contribution in [3.05, 3.63) is 53.1 Å². The third-order valence-electron chi connectivity index (χ3n) is 4.03. The monoisotopic (exact) mass is 406 g/mol. The third-order valence-corrected chi connectivity index (χ3v) is 4.26. The highest BCUT2D eigenvalue weighted by Gasteiger charge is 2.16. The fraction of sp³-hybridized carbons (Fsp3) is 0.300. The summed E-state index contributed by atoms with van der Waals surface area (Å²) in [6.07, 6.45) is 0. The van der Waals surface area contributed by atoms with Crippen molar-refractivity contribution in [2.45, 2.75) is 6.54 Å². The molecule has 2 rings (SSSR count). The lowest BCUT2D eigenvalue weighted by atomic mass is 10.2. The van der Waals surface area contributed by atoms with Crippen LogP contribution in [0.1, 0.15) is 5.56 Å². The van der Waals surface area contributed by atoms with Crippen molar-refractivity contribution in [1.82, 2.24) is 5.32 Å². The minimum absolute atomic E-state index is 0.123. The average molecular weight is 407 g/mol. The lowest BCUT2D eigenvalue weighted by molar-refractivity contribution is -0.862. The van der Waals surface area contributed by atoms with Crippen LogP contribution in [0.2, 0.25) is 5.02 Å². The van der Waals surface area contributed by atoms with E-state index >= 15 is 0 Å². The second-order valence-corrected chi connectivity index (χ2v) is 6.73. The Morgan fingerprint density at radius 1 is 1.00 bits per heavy atom. The van der Waals surface area contributed by atoms with E-state index in [4.69, 9.17) is 21.1 Å². The maximum Gasteiger partial charge on any atom is 0.279 e. The molecule has 0 bridgehead atoms. The number of benzene rings is 2. The molecule has 0 aliphatic heterocycles. The number of carbonyl (C=O) groups is 2. The molecule has 0 aliphatic rings. The van der Waals surface area contributed by atoms with Crippen LogP contribution >= 0.6 is 11.6 Å². The number of likely N-dealkylation sites (N-methyl/N-ethyl adjacent to an activating group) is 1. The van der Waals surface area contributed by atoms with Gasteiger partial charge >= 0.3 is 0 Å². The Morgan fingerprint density at radius 3 is 2.39 bits per heavy atom. The molecule has 1 unspecified atom stereocenters. The van der Waals surface area contributed by atoms with Crippen LogP contribution < -0.4 is 25.0 Å². The summed E-state index contributed by atoms with van der Waals surface area (Å²) in [7, 11) is 4.88. The number of para-hydroxylation sites is 1. The van der Waals surface area contributed by atoms with Gasteiger partial charge in [-0.15, -0.1) is 0 Å². The molecule has 7 nitrogen and oxygen atoms in total. The predicted molar refractivity (Wildman–Crippen MR) is 108 cm³/mol. The molecule has 2 amide bonds. The molecule has 2 aromatic rings. The van der Waals surface area contributed by atoms with Gasteiger partial charge in [-0.3, -0.25) is 9.59 Å². The molecule has 0 spiro atoms. The summed E-state index contributed by atoms with van der Waals surface area (Å²) in [5.74, 6) is 0.843. The molecule has 0 radical (unpaired) electrons. The van der Waals surface area contributed by atoms with Crippen molar-refractivity contribution in [3.8, 4) is 11.5 Å². The fourth-order valence-corrected chi connectivity index (χ4v) is 2.86. The third kappa shape index (κ3) is 6.44. The van der Waals surface area contributed by atoms with Crippen molar-refractivity contribution in [2.75, 3.05) is 39.7 Å². The minimum Gasteiger partial charge on any atom is -0.496 e. The highest BCUT2D eigenvalue weighted by Crippen LogP contribution is 2.27. The molecule has 28 heavy (non-hydrogen) atoms. The van der Waals surface area contributed by atoms with Gasteiger partial charge in [0.25, 0.3) is 11.8 Å². The molecular formula is C20H25ClN3O4+. The van der Waals surface area contributed by atoms with Gasteiger partial charge in [-0.1, -0.05) is 29.8 Å². The van der Waals surface area contributed by atoms with Crippen LogP contribution in [0.25, 0.3) is 0 Å². The first-order valence-electron chi connectivity index (χ1n) is 8.76. The Morgan fingerprint density at radius 2 is 1.68 bits per heavy atom. The molecule has 0 aromatic heterocycles.